The predicted octanol–water partition coefficient (Wildman–Crippen LogP) is 6.23. The van der Waals surface area contributed by atoms with Crippen molar-refractivity contribution in [1.82, 2.24) is 14.7 Å². The zero-order valence-electron chi connectivity index (χ0n) is 22.5. The van der Waals surface area contributed by atoms with Crippen molar-refractivity contribution in [3.05, 3.63) is 66.5 Å². The van der Waals surface area contributed by atoms with Crippen LogP contribution in [0.4, 0.5) is 10.2 Å². The number of carbonyl (C=O) groups excluding carboxylic acids is 2. The zero-order chi connectivity index (χ0) is 27.2. The fraction of sp³-hybridized carbons (Fsp3) is 0.433. The number of benzene rings is 2. The maximum Gasteiger partial charge on any atom is 0.245 e. The largest absolute Gasteiger partial charge is 0.383 e. The van der Waals surface area contributed by atoms with Gasteiger partial charge in [-0.05, 0) is 30.7 Å². The average Bonchev–Trinajstić information content (AvgIpc) is 3.34. The van der Waals surface area contributed by atoms with Gasteiger partial charge in [0.25, 0.3) is 0 Å². The zero-order valence-corrected chi connectivity index (χ0v) is 22.5. The van der Waals surface area contributed by atoms with Gasteiger partial charge in [-0.1, -0.05) is 75.8 Å². The van der Waals surface area contributed by atoms with E-state index in [-0.39, 0.29) is 24.2 Å². The molecule has 3 aromatic rings. The van der Waals surface area contributed by atoms with Gasteiger partial charge in [-0.15, -0.1) is 0 Å². The van der Waals surface area contributed by atoms with E-state index in [0.29, 0.717) is 36.8 Å². The summed E-state index contributed by atoms with van der Waals surface area (Å²) in [6.07, 6.45) is 8.28. The molecule has 0 radical (unpaired) electrons. The molecule has 1 N–H and O–H groups in total. The van der Waals surface area contributed by atoms with Crippen LogP contribution in [0.25, 0.3) is 16.9 Å². The van der Waals surface area contributed by atoms with Gasteiger partial charge in [0, 0.05) is 31.7 Å². The highest BCUT2D eigenvalue weighted by atomic mass is 19.1. The van der Waals surface area contributed by atoms with Crippen LogP contribution >= 0.6 is 0 Å². The van der Waals surface area contributed by atoms with Crippen LogP contribution in [0.2, 0.25) is 0 Å². The molecule has 8 heteroatoms. The fourth-order valence-corrected chi connectivity index (χ4v) is 4.24. The Morgan fingerprint density at radius 3 is 2.34 bits per heavy atom. The highest BCUT2D eigenvalue weighted by Crippen LogP contribution is 2.25. The number of hydrogen-bond acceptors (Lipinski definition) is 4. The summed E-state index contributed by atoms with van der Waals surface area (Å²) in [6.45, 7) is 2.80. The van der Waals surface area contributed by atoms with Gasteiger partial charge in [0.15, 0.2) is 0 Å². The van der Waals surface area contributed by atoms with E-state index in [1.807, 2.05) is 30.3 Å². The number of methoxy groups -OCH3 is 1. The topological polar surface area (TPSA) is 76.5 Å². The lowest BCUT2D eigenvalue weighted by Gasteiger charge is -2.22. The van der Waals surface area contributed by atoms with Crippen LogP contribution in [-0.2, 0) is 14.3 Å². The van der Waals surface area contributed by atoms with Gasteiger partial charge in [-0.25, -0.2) is 9.07 Å². The van der Waals surface area contributed by atoms with Gasteiger partial charge >= 0.3 is 0 Å². The van der Waals surface area contributed by atoms with Crippen molar-refractivity contribution in [3.8, 4) is 16.9 Å². The van der Waals surface area contributed by atoms with E-state index in [1.54, 1.807) is 34.9 Å². The smallest absolute Gasteiger partial charge is 0.245 e. The van der Waals surface area contributed by atoms with Crippen molar-refractivity contribution in [2.75, 3.05) is 32.1 Å². The molecule has 0 saturated heterocycles. The number of carbonyl (C=O) groups is 2. The van der Waals surface area contributed by atoms with Crippen LogP contribution < -0.4 is 5.32 Å². The maximum atomic E-state index is 13.5. The Labute approximate surface area is 225 Å². The Bertz CT molecular complexity index is 1130. The Kier molecular flexibility index (Phi) is 12.0. The highest BCUT2D eigenvalue weighted by molar-refractivity contribution is 5.94. The Morgan fingerprint density at radius 2 is 1.66 bits per heavy atom. The molecule has 0 atom stereocenters. The highest BCUT2D eigenvalue weighted by Gasteiger charge is 2.19. The number of ether oxygens (including phenoxy) is 1. The lowest BCUT2D eigenvalue weighted by molar-refractivity contribution is -0.135. The molecular weight excluding hydrogens is 483 g/mol. The normalized spacial score (nSPS) is 10.9. The number of aromatic nitrogens is 2. The van der Waals surface area contributed by atoms with Crippen molar-refractivity contribution in [2.24, 2.45) is 0 Å². The summed E-state index contributed by atoms with van der Waals surface area (Å²) in [5.41, 5.74) is 2.15. The molecule has 0 saturated carbocycles. The van der Waals surface area contributed by atoms with Crippen LogP contribution in [-0.4, -0.2) is 53.3 Å². The van der Waals surface area contributed by atoms with Gasteiger partial charge in [0.2, 0.25) is 11.8 Å². The molecule has 1 aromatic heterocycles. The molecule has 0 aliphatic heterocycles. The minimum atomic E-state index is -0.358. The molecular formula is C30H39FN4O3. The third-order valence-electron chi connectivity index (χ3n) is 6.36. The van der Waals surface area contributed by atoms with Crippen LogP contribution in [0.3, 0.4) is 0 Å². The predicted molar refractivity (Wildman–Crippen MR) is 149 cm³/mol. The third kappa shape index (κ3) is 9.10. The first kappa shape index (κ1) is 29.0. The van der Waals surface area contributed by atoms with Crippen molar-refractivity contribution < 1.29 is 18.7 Å². The first-order valence-corrected chi connectivity index (χ1v) is 13.5. The van der Waals surface area contributed by atoms with Crippen molar-refractivity contribution in [2.45, 2.75) is 58.3 Å². The Hall–Kier alpha value is -3.52. The van der Waals surface area contributed by atoms with Gasteiger partial charge < -0.3 is 15.0 Å². The summed E-state index contributed by atoms with van der Waals surface area (Å²) >= 11 is 0. The number of unbranched alkanes of at least 4 members (excludes halogenated alkanes) is 6. The van der Waals surface area contributed by atoms with Gasteiger partial charge in [0.1, 0.15) is 11.6 Å². The Morgan fingerprint density at radius 1 is 0.974 bits per heavy atom. The average molecular weight is 523 g/mol. The molecule has 204 valence electrons. The number of anilines is 1. The number of nitrogens with one attached hydrogen (secondary N) is 1. The van der Waals surface area contributed by atoms with E-state index >= 15 is 0 Å². The van der Waals surface area contributed by atoms with E-state index in [0.717, 1.165) is 24.8 Å². The molecule has 0 aliphatic carbocycles. The summed E-state index contributed by atoms with van der Waals surface area (Å²) in [5, 5.41) is 7.56. The number of rotatable bonds is 16. The number of amides is 2. The second-order valence-electron chi connectivity index (χ2n) is 9.40. The monoisotopic (exact) mass is 522 g/mol. The molecule has 0 fully saturated rings. The minimum absolute atomic E-state index is 0.0530. The molecule has 38 heavy (non-hydrogen) atoms. The lowest BCUT2D eigenvalue weighted by atomic mass is 10.1. The lowest BCUT2D eigenvalue weighted by Crippen LogP contribution is -2.40. The fourth-order valence-electron chi connectivity index (χ4n) is 4.24. The summed E-state index contributed by atoms with van der Waals surface area (Å²) in [6, 6.07) is 17.3. The maximum absolute atomic E-state index is 13.5. The number of nitrogens with zero attached hydrogens (tertiary/aromatic N) is 3. The number of hydrogen-bond donors (Lipinski definition) is 1. The molecule has 3 rings (SSSR count). The van der Waals surface area contributed by atoms with Crippen LogP contribution in [0.1, 0.15) is 58.3 Å². The summed E-state index contributed by atoms with van der Waals surface area (Å²) in [7, 11) is 1.57. The summed E-state index contributed by atoms with van der Waals surface area (Å²) < 4.78 is 20.3. The molecule has 0 unspecified atom stereocenters. The number of halogens is 1. The van der Waals surface area contributed by atoms with Crippen LogP contribution in [0.15, 0.2) is 60.7 Å². The second kappa shape index (κ2) is 15.7. The second-order valence-corrected chi connectivity index (χ2v) is 9.40. The molecule has 0 bridgehead atoms. The molecule has 2 aromatic carbocycles. The van der Waals surface area contributed by atoms with Crippen molar-refractivity contribution in [1.29, 1.82) is 0 Å². The van der Waals surface area contributed by atoms with E-state index in [2.05, 4.69) is 17.3 Å². The van der Waals surface area contributed by atoms with Gasteiger partial charge in [-0.3, -0.25) is 9.59 Å². The summed E-state index contributed by atoms with van der Waals surface area (Å²) in [4.78, 5) is 27.6. The first-order chi connectivity index (χ1) is 18.5. The standard InChI is InChI=1S/C30H39FN4O3/c1-3-4-5-6-7-8-12-15-30(37)34(20-21-38-2)23-29(36)32-28-22-27(24-13-10-9-11-14-24)33-35(28)26-18-16-25(31)17-19-26/h9-11,13-14,16-19,22H,3-8,12,15,20-21,23H2,1-2H3,(H,32,36). The van der Waals surface area contributed by atoms with Crippen molar-refractivity contribution >= 4 is 17.6 Å². The molecule has 7 nitrogen and oxygen atoms in total. The van der Waals surface area contributed by atoms with E-state index < -0.39 is 0 Å². The molecule has 2 amide bonds. The van der Waals surface area contributed by atoms with Crippen LogP contribution in [0, 0.1) is 5.82 Å². The SMILES string of the molecule is CCCCCCCCCC(=O)N(CCOC)CC(=O)Nc1cc(-c2ccccc2)nn1-c1ccc(F)cc1. The minimum Gasteiger partial charge on any atom is -0.383 e. The quantitative estimate of drug-likeness (QED) is 0.226. The molecule has 0 aliphatic rings. The van der Waals surface area contributed by atoms with E-state index in [4.69, 9.17) is 4.74 Å². The Balaban J connectivity index is 1.68. The summed E-state index contributed by atoms with van der Waals surface area (Å²) in [5.74, 6) is -0.311. The molecule has 1 heterocycles. The van der Waals surface area contributed by atoms with E-state index in [1.165, 1.54) is 37.8 Å². The van der Waals surface area contributed by atoms with E-state index in [9.17, 15) is 14.0 Å². The third-order valence-corrected chi connectivity index (χ3v) is 6.36. The molecule has 0 spiro atoms. The van der Waals surface area contributed by atoms with Gasteiger partial charge in [-0.2, -0.15) is 5.10 Å². The first-order valence-electron chi connectivity index (χ1n) is 13.5. The van der Waals surface area contributed by atoms with Crippen molar-refractivity contribution in [3.63, 3.8) is 0 Å². The van der Waals surface area contributed by atoms with Crippen LogP contribution in [0.5, 0.6) is 0 Å². The van der Waals surface area contributed by atoms with Gasteiger partial charge in [0.05, 0.1) is 24.5 Å².